The molecule has 172 valence electrons. The van der Waals surface area contributed by atoms with Crippen molar-refractivity contribution in [2.45, 2.75) is 37.4 Å². The molecule has 1 aromatic heterocycles. The summed E-state index contributed by atoms with van der Waals surface area (Å²) in [7, 11) is 1.72. The fraction of sp³-hybridized carbons (Fsp3) is 0.393. The number of benzene rings is 2. The molecule has 0 radical (unpaired) electrons. The number of nitrogens with zero attached hydrogens (tertiary/aromatic N) is 3. The van der Waals surface area contributed by atoms with E-state index in [1.54, 1.807) is 13.3 Å². The molecule has 0 amide bonds. The summed E-state index contributed by atoms with van der Waals surface area (Å²) in [6.07, 6.45) is 6.07. The van der Waals surface area contributed by atoms with Gasteiger partial charge in [0.15, 0.2) is 0 Å². The van der Waals surface area contributed by atoms with Crippen molar-refractivity contribution in [2.24, 2.45) is 0 Å². The number of fused-ring (bicyclic) bond motifs is 1. The van der Waals surface area contributed by atoms with Crippen LogP contribution in [0.3, 0.4) is 0 Å². The van der Waals surface area contributed by atoms with Crippen LogP contribution in [0.2, 0.25) is 0 Å². The zero-order chi connectivity index (χ0) is 22.6. The molecule has 0 unspecified atom stereocenters. The Hall–Kier alpha value is -2.73. The summed E-state index contributed by atoms with van der Waals surface area (Å²) in [6, 6.07) is 22.0. The summed E-state index contributed by atoms with van der Waals surface area (Å²) in [5.74, 6) is 1.26. The zero-order valence-corrected chi connectivity index (χ0v) is 19.3. The van der Waals surface area contributed by atoms with Gasteiger partial charge in [0.05, 0.1) is 13.7 Å². The maximum atomic E-state index is 10.2. The van der Waals surface area contributed by atoms with Gasteiger partial charge in [0.1, 0.15) is 5.75 Å². The minimum absolute atomic E-state index is 0.205. The van der Waals surface area contributed by atoms with E-state index >= 15 is 0 Å². The van der Waals surface area contributed by atoms with E-state index in [-0.39, 0.29) is 12.6 Å². The molecule has 3 atom stereocenters. The van der Waals surface area contributed by atoms with E-state index in [2.05, 4.69) is 63.3 Å². The van der Waals surface area contributed by atoms with Gasteiger partial charge in [-0.3, -0.25) is 14.8 Å². The lowest BCUT2D eigenvalue weighted by atomic mass is 9.74. The minimum atomic E-state index is 0.205. The fourth-order valence-electron chi connectivity index (χ4n) is 5.62. The average molecular weight is 444 g/mol. The molecule has 5 rings (SSSR count). The average Bonchev–Trinajstić information content (AvgIpc) is 2.85. The first-order valence-electron chi connectivity index (χ1n) is 12.0. The third-order valence-corrected chi connectivity index (χ3v) is 7.28. The van der Waals surface area contributed by atoms with Crippen LogP contribution in [0.5, 0.6) is 5.75 Å². The molecule has 0 saturated carbocycles. The van der Waals surface area contributed by atoms with Crippen molar-refractivity contribution < 1.29 is 9.84 Å². The van der Waals surface area contributed by atoms with E-state index < -0.39 is 0 Å². The van der Waals surface area contributed by atoms with Gasteiger partial charge in [-0.2, -0.15) is 0 Å². The third kappa shape index (κ3) is 4.67. The molecule has 2 aliphatic rings. The lowest BCUT2D eigenvalue weighted by molar-refractivity contribution is -0.0655. The Bertz CT molecular complexity index is 1040. The number of pyridine rings is 1. The second kappa shape index (κ2) is 10.0. The summed E-state index contributed by atoms with van der Waals surface area (Å²) in [5.41, 5.74) is 4.93. The molecule has 3 aromatic rings. The number of rotatable bonds is 6. The molecule has 1 N–H and O–H groups in total. The molecule has 33 heavy (non-hydrogen) atoms. The number of hydrogen-bond acceptors (Lipinski definition) is 5. The standard InChI is InChI=1S/C28H33N3O2/c1-33-25-8-4-6-21(16-25)18-30-14-2-3-15-31-26(19-30)28(27(31)20-32)23-11-9-22(10-12-23)24-7-5-13-29-17-24/h4-13,16-17,26-28,32H,2-3,14-15,18-20H2,1H3/t26-,27+,28+/m1/s1. The molecular formula is C28H33N3O2. The molecule has 3 heterocycles. The molecule has 2 fully saturated rings. The Labute approximate surface area is 196 Å². The Morgan fingerprint density at radius 2 is 1.85 bits per heavy atom. The van der Waals surface area contributed by atoms with Crippen LogP contribution in [0, 0.1) is 0 Å². The van der Waals surface area contributed by atoms with Crippen molar-refractivity contribution in [3.63, 3.8) is 0 Å². The topological polar surface area (TPSA) is 48.8 Å². The van der Waals surface area contributed by atoms with Gasteiger partial charge in [0, 0.05) is 43.5 Å². The first-order valence-corrected chi connectivity index (χ1v) is 12.0. The van der Waals surface area contributed by atoms with Gasteiger partial charge in [-0.05, 0) is 66.4 Å². The smallest absolute Gasteiger partial charge is 0.119 e. The number of ether oxygens (including phenoxy) is 1. The first kappa shape index (κ1) is 22.1. The van der Waals surface area contributed by atoms with E-state index in [0.717, 1.165) is 37.5 Å². The van der Waals surface area contributed by atoms with Crippen LogP contribution < -0.4 is 4.74 Å². The van der Waals surface area contributed by atoms with Gasteiger partial charge in [-0.25, -0.2) is 0 Å². The number of hydrogen-bond donors (Lipinski definition) is 1. The lowest BCUT2D eigenvalue weighted by Crippen LogP contribution is -2.67. The van der Waals surface area contributed by atoms with E-state index in [1.807, 2.05) is 18.3 Å². The van der Waals surface area contributed by atoms with Crippen LogP contribution >= 0.6 is 0 Å². The first-order chi connectivity index (χ1) is 16.3. The van der Waals surface area contributed by atoms with Crippen LogP contribution in [0.4, 0.5) is 0 Å². The predicted octanol–water partition coefficient (Wildman–Crippen LogP) is 4.18. The highest BCUT2D eigenvalue weighted by atomic mass is 16.5. The lowest BCUT2D eigenvalue weighted by Gasteiger charge is -2.57. The highest BCUT2D eigenvalue weighted by Gasteiger charge is 2.49. The number of aliphatic hydroxyl groups excluding tert-OH is 1. The molecule has 5 heteroatoms. The molecule has 2 aromatic carbocycles. The van der Waals surface area contributed by atoms with Crippen LogP contribution in [0.25, 0.3) is 11.1 Å². The summed E-state index contributed by atoms with van der Waals surface area (Å²) in [5, 5.41) is 10.2. The maximum absolute atomic E-state index is 10.2. The third-order valence-electron chi connectivity index (χ3n) is 7.28. The van der Waals surface area contributed by atoms with Crippen molar-refractivity contribution in [3.05, 3.63) is 84.2 Å². The number of aliphatic hydroxyl groups is 1. The van der Waals surface area contributed by atoms with Crippen molar-refractivity contribution in [1.29, 1.82) is 0 Å². The van der Waals surface area contributed by atoms with Crippen LogP contribution in [-0.2, 0) is 6.54 Å². The Kier molecular flexibility index (Phi) is 6.72. The van der Waals surface area contributed by atoms with Gasteiger partial charge in [0.25, 0.3) is 0 Å². The largest absolute Gasteiger partial charge is 0.497 e. The molecule has 2 saturated heterocycles. The van der Waals surface area contributed by atoms with Crippen molar-refractivity contribution >= 4 is 0 Å². The summed E-state index contributed by atoms with van der Waals surface area (Å²) in [6.45, 7) is 4.34. The van der Waals surface area contributed by atoms with Gasteiger partial charge >= 0.3 is 0 Å². The van der Waals surface area contributed by atoms with Crippen LogP contribution in [0.1, 0.15) is 29.9 Å². The van der Waals surface area contributed by atoms with E-state index in [1.165, 1.54) is 29.5 Å². The van der Waals surface area contributed by atoms with Crippen LogP contribution in [-0.4, -0.2) is 65.3 Å². The van der Waals surface area contributed by atoms with Crippen molar-refractivity contribution in [2.75, 3.05) is 33.4 Å². The Balaban J connectivity index is 1.35. The molecular weight excluding hydrogens is 410 g/mol. The Morgan fingerprint density at radius 3 is 2.61 bits per heavy atom. The summed E-state index contributed by atoms with van der Waals surface area (Å²) in [4.78, 5) is 9.36. The van der Waals surface area contributed by atoms with Gasteiger partial charge in [0.2, 0.25) is 0 Å². The molecule has 0 spiro atoms. The minimum Gasteiger partial charge on any atom is -0.497 e. The number of aromatic nitrogens is 1. The second-order valence-corrected chi connectivity index (χ2v) is 9.24. The van der Waals surface area contributed by atoms with Crippen LogP contribution in [0.15, 0.2) is 73.1 Å². The fourth-order valence-corrected chi connectivity index (χ4v) is 5.62. The van der Waals surface area contributed by atoms with E-state index in [9.17, 15) is 5.11 Å². The van der Waals surface area contributed by atoms with Crippen molar-refractivity contribution in [1.82, 2.24) is 14.8 Å². The van der Waals surface area contributed by atoms with E-state index in [0.29, 0.717) is 12.0 Å². The highest BCUT2D eigenvalue weighted by Crippen LogP contribution is 2.42. The maximum Gasteiger partial charge on any atom is 0.119 e. The molecule has 0 bridgehead atoms. The van der Waals surface area contributed by atoms with Gasteiger partial charge < -0.3 is 9.84 Å². The molecule has 2 aliphatic heterocycles. The van der Waals surface area contributed by atoms with Gasteiger partial charge in [-0.1, -0.05) is 42.5 Å². The quantitative estimate of drug-likeness (QED) is 0.619. The highest BCUT2D eigenvalue weighted by molar-refractivity contribution is 5.62. The van der Waals surface area contributed by atoms with Gasteiger partial charge in [-0.15, -0.1) is 0 Å². The summed E-state index contributed by atoms with van der Waals surface area (Å²) >= 11 is 0. The zero-order valence-electron chi connectivity index (χ0n) is 19.3. The normalized spacial score (nSPS) is 23.8. The predicted molar refractivity (Wildman–Crippen MR) is 131 cm³/mol. The second-order valence-electron chi connectivity index (χ2n) is 9.24. The SMILES string of the molecule is COc1cccc(CN2CCCCN3[C@H](C2)[C@H](c2ccc(-c4cccnc4)cc2)[C@@H]3CO)c1. The van der Waals surface area contributed by atoms with Crippen molar-refractivity contribution in [3.8, 4) is 16.9 Å². The number of methoxy groups -OCH3 is 1. The molecule has 0 aliphatic carbocycles. The molecule has 5 nitrogen and oxygen atoms in total. The monoisotopic (exact) mass is 443 g/mol. The summed E-state index contributed by atoms with van der Waals surface area (Å²) < 4.78 is 5.42. The van der Waals surface area contributed by atoms with E-state index in [4.69, 9.17) is 4.74 Å². The Morgan fingerprint density at radius 1 is 1.00 bits per heavy atom.